The van der Waals surface area contributed by atoms with Crippen molar-refractivity contribution in [2.75, 3.05) is 31.1 Å². The summed E-state index contributed by atoms with van der Waals surface area (Å²) in [4.78, 5) is 33.3. The van der Waals surface area contributed by atoms with Crippen molar-refractivity contribution in [2.45, 2.75) is 26.4 Å². The van der Waals surface area contributed by atoms with Crippen LogP contribution in [0.3, 0.4) is 0 Å². The van der Waals surface area contributed by atoms with Gasteiger partial charge in [-0.15, -0.1) is 0 Å². The molecule has 0 atom stereocenters. The number of alkyl halides is 3. The average Bonchev–Trinajstić information content (AvgIpc) is 3.02. The SMILES string of the molecule is CC.N#Cc1ccc(N2CCN(C(=O)c3cc(Cc4n[nH]c(=O)c5ccc(C#CC(F)(F)F)cc45)ccc3F)CC2)nc1. The molecule has 2 aromatic heterocycles. The number of halogens is 4. The number of piperazine rings is 1. The third kappa shape index (κ3) is 7.35. The largest absolute Gasteiger partial charge is 0.458 e. The molecule has 1 amide bonds. The summed E-state index contributed by atoms with van der Waals surface area (Å²) in [6, 6.07) is 13.5. The van der Waals surface area contributed by atoms with Gasteiger partial charge in [0.2, 0.25) is 0 Å². The lowest BCUT2D eigenvalue weighted by Gasteiger charge is -2.35. The molecule has 1 aliphatic rings. The summed E-state index contributed by atoms with van der Waals surface area (Å²) in [6.07, 6.45) is -3.12. The zero-order valence-corrected chi connectivity index (χ0v) is 23.3. The zero-order chi connectivity index (χ0) is 31.1. The Kier molecular flexibility index (Phi) is 9.41. The van der Waals surface area contributed by atoms with Crippen molar-refractivity contribution >= 4 is 22.5 Å². The van der Waals surface area contributed by atoms with E-state index in [0.29, 0.717) is 54.2 Å². The van der Waals surface area contributed by atoms with Crippen LogP contribution in [0.4, 0.5) is 23.4 Å². The number of rotatable bonds is 4. The van der Waals surface area contributed by atoms with Crippen LogP contribution in [0, 0.1) is 29.0 Å². The number of pyridine rings is 1. The van der Waals surface area contributed by atoms with Crippen LogP contribution in [-0.2, 0) is 6.42 Å². The van der Waals surface area contributed by atoms with Crippen LogP contribution in [0.1, 0.15) is 46.6 Å². The molecular formula is C31H26F4N6O2. The lowest BCUT2D eigenvalue weighted by atomic mass is 10.0. The van der Waals surface area contributed by atoms with Crippen molar-refractivity contribution in [1.82, 2.24) is 20.1 Å². The summed E-state index contributed by atoms with van der Waals surface area (Å²) in [5.41, 5.74) is 0.682. The van der Waals surface area contributed by atoms with Gasteiger partial charge in [0, 0.05) is 55.7 Å². The Hall–Kier alpha value is -5.23. The first kappa shape index (κ1) is 30.7. The number of carbonyl (C=O) groups is 1. The smallest absolute Gasteiger partial charge is 0.353 e. The van der Waals surface area contributed by atoms with E-state index in [1.165, 1.54) is 48.5 Å². The molecule has 3 heterocycles. The number of aromatic amines is 1. The van der Waals surface area contributed by atoms with Crippen molar-refractivity contribution in [3.8, 4) is 17.9 Å². The third-order valence-corrected chi connectivity index (χ3v) is 6.62. The minimum atomic E-state index is -4.67. The normalized spacial score (nSPS) is 13.0. The van der Waals surface area contributed by atoms with Crippen molar-refractivity contribution in [1.29, 1.82) is 5.26 Å². The molecule has 2 aromatic carbocycles. The molecule has 1 saturated heterocycles. The Labute approximate surface area is 244 Å². The predicted octanol–water partition coefficient (Wildman–Crippen LogP) is 4.82. The molecule has 43 heavy (non-hydrogen) atoms. The lowest BCUT2D eigenvalue weighted by molar-refractivity contribution is -0.0696. The van der Waals surface area contributed by atoms with E-state index in [9.17, 15) is 27.2 Å². The molecule has 0 unspecified atom stereocenters. The number of carbonyl (C=O) groups excluding carboxylic acids is 1. The van der Waals surface area contributed by atoms with Gasteiger partial charge in [0.15, 0.2) is 0 Å². The van der Waals surface area contributed by atoms with E-state index in [2.05, 4.69) is 15.2 Å². The molecule has 12 heteroatoms. The van der Waals surface area contributed by atoms with Gasteiger partial charge in [-0.3, -0.25) is 9.59 Å². The Morgan fingerprint density at radius 1 is 1.00 bits per heavy atom. The quantitative estimate of drug-likeness (QED) is 0.270. The van der Waals surface area contributed by atoms with E-state index in [1.807, 2.05) is 30.7 Å². The second kappa shape index (κ2) is 13.2. The highest BCUT2D eigenvalue weighted by Gasteiger charge is 2.25. The third-order valence-electron chi connectivity index (χ3n) is 6.62. The molecule has 0 radical (unpaired) electrons. The number of amides is 1. The highest BCUT2D eigenvalue weighted by atomic mass is 19.4. The summed E-state index contributed by atoms with van der Waals surface area (Å²) in [5.74, 6) is 2.74. The topological polar surface area (TPSA) is 106 Å². The van der Waals surface area contributed by atoms with Gasteiger partial charge in [-0.05, 0) is 48.0 Å². The van der Waals surface area contributed by atoms with Crippen LogP contribution in [-0.4, -0.2) is 58.3 Å². The standard InChI is InChI=1S/C29H20F4N6O2.C2H6/c30-24-5-2-19(15-25-22-13-18(7-8-29(31,32)33)1-4-21(22)27(40)37-36-25)14-23(24)28(41)39-11-9-38(10-12-39)26-6-3-20(16-34)17-35-26;1-2/h1-6,13-14,17H,9-12,15H2,(H,37,40);1-2H3. The molecule has 0 bridgehead atoms. The monoisotopic (exact) mass is 590 g/mol. The van der Waals surface area contributed by atoms with Gasteiger partial charge in [0.1, 0.15) is 17.7 Å². The van der Waals surface area contributed by atoms with Crippen molar-refractivity contribution in [3.63, 3.8) is 0 Å². The Morgan fingerprint density at radius 3 is 2.37 bits per heavy atom. The van der Waals surface area contributed by atoms with E-state index in [-0.39, 0.29) is 22.9 Å². The van der Waals surface area contributed by atoms with Crippen molar-refractivity contribution < 1.29 is 22.4 Å². The molecule has 220 valence electrons. The number of hydrogen-bond acceptors (Lipinski definition) is 6. The van der Waals surface area contributed by atoms with Crippen LogP contribution in [0.2, 0.25) is 0 Å². The minimum Gasteiger partial charge on any atom is -0.353 e. The lowest BCUT2D eigenvalue weighted by Crippen LogP contribution is -2.49. The number of hydrogen-bond donors (Lipinski definition) is 1. The average molecular weight is 591 g/mol. The van der Waals surface area contributed by atoms with E-state index >= 15 is 0 Å². The summed E-state index contributed by atoms with van der Waals surface area (Å²) >= 11 is 0. The van der Waals surface area contributed by atoms with Crippen molar-refractivity contribution in [3.05, 3.63) is 98.8 Å². The number of nitrogens with one attached hydrogen (secondary N) is 1. The molecule has 0 spiro atoms. The maximum Gasteiger partial charge on any atom is 0.458 e. The number of benzene rings is 2. The van der Waals surface area contributed by atoms with Gasteiger partial charge in [-0.2, -0.15) is 23.5 Å². The zero-order valence-electron chi connectivity index (χ0n) is 23.3. The number of H-pyrrole nitrogens is 1. The van der Waals surface area contributed by atoms with Crippen molar-refractivity contribution in [2.24, 2.45) is 0 Å². The fourth-order valence-electron chi connectivity index (χ4n) is 4.56. The van der Waals surface area contributed by atoms with Gasteiger partial charge in [0.05, 0.1) is 22.2 Å². The summed E-state index contributed by atoms with van der Waals surface area (Å²) in [5, 5.41) is 15.9. The van der Waals surface area contributed by atoms with Crippen LogP contribution in [0.5, 0.6) is 0 Å². The summed E-state index contributed by atoms with van der Waals surface area (Å²) in [6.45, 7) is 5.60. The number of nitrogens with zero attached hydrogens (tertiary/aromatic N) is 5. The first-order chi connectivity index (χ1) is 20.6. The van der Waals surface area contributed by atoms with Gasteiger partial charge in [0.25, 0.3) is 11.5 Å². The number of anilines is 1. The first-order valence-electron chi connectivity index (χ1n) is 13.4. The molecule has 1 aliphatic heterocycles. The van der Waals surface area contributed by atoms with Crippen LogP contribution >= 0.6 is 0 Å². The number of nitriles is 1. The molecule has 8 nitrogen and oxygen atoms in total. The van der Waals surface area contributed by atoms with Crippen LogP contribution in [0.25, 0.3) is 10.8 Å². The van der Waals surface area contributed by atoms with E-state index in [4.69, 9.17) is 5.26 Å². The Morgan fingerprint density at radius 2 is 1.72 bits per heavy atom. The van der Waals surface area contributed by atoms with E-state index in [0.717, 1.165) is 0 Å². The molecule has 0 aliphatic carbocycles. The summed E-state index contributed by atoms with van der Waals surface area (Å²) < 4.78 is 52.5. The Bertz CT molecular complexity index is 1790. The number of fused-ring (bicyclic) bond motifs is 1. The number of aromatic nitrogens is 3. The molecule has 1 fully saturated rings. The minimum absolute atomic E-state index is 0.0498. The fraction of sp³-hybridized carbons (Fsp3) is 0.258. The second-order valence-electron chi connectivity index (χ2n) is 9.29. The molecule has 4 aromatic rings. The Balaban J connectivity index is 0.00000207. The molecule has 1 N–H and O–H groups in total. The fourth-order valence-corrected chi connectivity index (χ4v) is 4.56. The van der Waals surface area contributed by atoms with E-state index in [1.54, 1.807) is 17.0 Å². The second-order valence-corrected chi connectivity index (χ2v) is 9.29. The molecular weight excluding hydrogens is 564 g/mol. The predicted molar refractivity (Wildman–Crippen MR) is 153 cm³/mol. The maximum absolute atomic E-state index is 14.8. The molecule has 0 saturated carbocycles. The maximum atomic E-state index is 14.8. The van der Waals surface area contributed by atoms with Crippen LogP contribution < -0.4 is 10.5 Å². The van der Waals surface area contributed by atoms with Gasteiger partial charge < -0.3 is 9.80 Å². The summed E-state index contributed by atoms with van der Waals surface area (Å²) in [7, 11) is 0. The highest BCUT2D eigenvalue weighted by Crippen LogP contribution is 2.22. The first-order valence-corrected chi connectivity index (χ1v) is 13.4. The van der Waals surface area contributed by atoms with Gasteiger partial charge in [-0.1, -0.05) is 25.8 Å². The van der Waals surface area contributed by atoms with Gasteiger partial charge >= 0.3 is 6.18 Å². The highest BCUT2D eigenvalue weighted by molar-refractivity contribution is 5.95. The van der Waals surface area contributed by atoms with Crippen LogP contribution in [0.15, 0.2) is 59.5 Å². The molecule has 5 rings (SSSR count). The van der Waals surface area contributed by atoms with Gasteiger partial charge in [-0.25, -0.2) is 14.5 Å². The van der Waals surface area contributed by atoms with E-state index < -0.39 is 23.5 Å².